The lowest BCUT2D eigenvalue weighted by Gasteiger charge is -2.11. The Morgan fingerprint density at radius 1 is 1.16 bits per heavy atom. The third kappa shape index (κ3) is 6.93. The molecular weight excluding hydrogens is 263 g/mol. The molecule has 19 heavy (non-hydrogen) atoms. The number of aliphatic hydroxyl groups excluding tert-OH is 1. The third-order valence-corrected chi connectivity index (χ3v) is 3.72. The van der Waals surface area contributed by atoms with Crippen LogP contribution < -0.4 is 0 Å². The van der Waals surface area contributed by atoms with Crippen LogP contribution in [0.5, 0.6) is 0 Å². The number of halogens is 2. The second kappa shape index (κ2) is 9.33. The van der Waals surface area contributed by atoms with Crippen molar-refractivity contribution < 1.29 is 9.50 Å². The molecule has 0 saturated carbocycles. The van der Waals surface area contributed by atoms with Gasteiger partial charge >= 0.3 is 0 Å². The molecule has 0 aromatic heterocycles. The van der Waals surface area contributed by atoms with Gasteiger partial charge in [-0.05, 0) is 36.6 Å². The topological polar surface area (TPSA) is 20.2 Å². The summed E-state index contributed by atoms with van der Waals surface area (Å²) >= 11 is 5.98. The summed E-state index contributed by atoms with van der Waals surface area (Å²) in [4.78, 5) is 0. The lowest BCUT2D eigenvalue weighted by Crippen LogP contribution is -2.10. The van der Waals surface area contributed by atoms with Gasteiger partial charge in [0.05, 0.1) is 6.10 Å². The monoisotopic (exact) mass is 286 g/mol. The quantitative estimate of drug-likeness (QED) is 0.624. The minimum absolute atomic E-state index is 0.300. The zero-order chi connectivity index (χ0) is 14.1. The van der Waals surface area contributed by atoms with Crippen LogP contribution in [0.25, 0.3) is 0 Å². The fourth-order valence-electron chi connectivity index (χ4n) is 2.22. The summed E-state index contributed by atoms with van der Waals surface area (Å²) < 4.78 is 13.1. The molecule has 0 radical (unpaired) electrons. The predicted octanol–water partition coefficient (Wildman–Crippen LogP) is 5.13. The molecule has 0 aliphatic heterocycles. The highest BCUT2D eigenvalue weighted by molar-refractivity contribution is 6.31. The first-order valence-corrected chi connectivity index (χ1v) is 7.63. The molecule has 108 valence electrons. The Hall–Kier alpha value is -0.600. The molecular formula is C16H24ClFO. The second-order valence-corrected chi connectivity index (χ2v) is 5.56. The van der Waals surface area contributed by atoms with Crippen molar-refractivity contribution in [2.45, 2.75) is 64.4 Å². The lowest BCUT2D eigenvalue weighted by molar-refractivity contribution is 0.161. The van der Waals surface area contributed by atoms with Crippen molar-refractivity contribution in [3.8, 4) is 0 Å². The Kier molecular flexibility index (Phi) is 8.08. The molecule has 0 amide bonds. The van der Waals surface area contributed by atoms with Crippen molar-refractivity contribution in [3.63, 3.8) is 0 Å². The van der Waals surface area contributed by atoms with E-state index in [0.29, 0.717) is 17.0 Å². The Labute approximate surface area is 120 Å². The minimum Gasteiger partial charge on any atom is -0.393 e. The summed E-state index contributed by atoms with van der Waals surface area (Å²) in [6.45, 7) is 2.20. The number of hydrogen-bond donors (Lipinski definition) is 1. The second-order valence-electron chi connectivity index (χ2n) is 5.15. The minimum atomic E-state index is -0.425. The SMILES string of the molecule is CCCCCCCCC(O)Cc1cc(F)ccc1Cl. The molecule has 0 heterocycles. The summed E-state index contributed by atoms with van der Waals surface area (Å²) in [5.74, 6) is -0.300. The van der Waals surface area contributed by atoms with Crippen LogP contribution in [-0.4, -0.2) is 11.2 Å². The molecule has 0 saturated heterocycles. The normalized spacial score (nSPS) is 12.6. The standard InChI is InChI=1S/C16H24ClFO/c1-2-3-4-5-6-7-8-15(19)12-13-11-14(18)9-10-16(13)17/h9-11,15,19H,2-8,12H2,1H3. The van der Waals surface area contributed by atoms with Crippen molar-refractivity contribution >= 4 is 11.6 Å². The van der Waals surface area contributed by atoms with Gasteiger partial charge in [0.1, 0.15) is 5.82 Å². The molecule has 1 atom stereocenters. The van der Waals surface area contributed by atoms with Crippen LogP contribution in [0.2, 0.25) is 5.02 Å². The smallest absolute Gasteiger partial charge is 0.123 e. The van der Waals surface area contributed by atoms with Gasteiger partial charge in [-0.2, -0.15) is 0 Å². The number of rotatable bonds is 9. The van der Waals surface area contributed by atoms with E-state index in [0.717, 1.165) is 19.3 Å². The number of unbranched alkanes of at least 4 members (excludes halogenated alkanes) is 5. The maximum absolute atomic E-state index is 13.1. The van der Waals surface area contributed by atoms with Crippen LogP contribution in [0.1, 0.15) is 57.4 Å². The molecule has 3 heteroatoms. The molecule has 0 aliphatic carbocycles. The van der Waals surface area contributed by atoms with Crippen LogP contribution in [-0.2, 0) is 6.42 Å². The van der Waals surface area contributed by atoms with Gasteiger partial charge in [-0.25, -0.2) is 4.39 Å². The van der Waals surface area contributed by atoms with Gasteiger partial charge in [0, 0.05) is 5.02 Å². The average Bonchev–Trinajstić information content (AvgIpc) is 2.38. The molecule has 0 fully saturated rings. The van der Waals surface area contributed by atoms with Crippen molar-refractivity contribution in [1.82, 2.24) is 0 Å². The maximum atomic E-state index is 13.1. The van der Waals surface area contributed by atoms with Gasteiger partial charge < -0.3 is 5.11 Å². The van der Waals surface area contributed by atoms with Gasteiger partial charge in [0.15, 0.2) is 0 Å². The van der Waals surface area contributed by atoms with Crippen LogP contribution in [0.3, 0.4) is 0 Å². The zero-order valence-electron chi connectivity index (χ0n) is 11.7. The highest BCUT2D eigenvalue weighted by Gasteiger charge is 2.09. The molecule has 0 bridgehead atoms. The van der Waals surface area contributed by atoms with E-state index in [1.54, 1.807) is 6.07 Å². The van der Waals surface area contributed by atoms with E-state index in [-0.39, 0.29) is 5.82 Å². The average molecular weight is 287 g/mol. The van der Waals surface area contributed by atoms with E-state index in [1.807, 2.05) is 0 Å². The number of aliphatic hydroxyl groups is 1. The van der Waals surface area contributed by atoms with Crippen molar-refractivity contribution in [3.05, 3.63) is 34.6 Å². The number of benzene rings is 1. The lowest BCUT2D eigenvalue weighted by atomic mass is 10.0. The number of hydrogen-bond acceptors (Lipinski definition) is 1. The Morgan fingerprint density at radius 3 is 2.58 bits per heavy atom. The molecule has 0 aliphatic rings. The highest BCUT2D eigenvalue weighted by atomic mass is 35.5. The summed E-state index contributed by atoms with van der Waals surface area (Å²) in [7, 11) is 0. The van der Waals surface area contributed by atoms with Crippen molar-refractivity contribution in [1.29, 1.82) is 0 Å². The molecule has 1 N–H and O–H groups in total. The first-order valence-electron chi connectivity index (χ1n) is 7.25. The summed E-state index contributed by atoms with van der Waals surface area (Å²) in [6.07, 6.45) is 8.02. The van der Waals surface area contributed by atoms with Gasteiger partial charge in [0.2, 0.25) is 0 Å². The fourth-order valence-corrected chi connectivity index (χ4v) is 2.41. The third-order valence-electron chi connectivity index (χ3n) is 3.35. The summed E-state index contributed by atoms with van der Waals surface area (Å²) in [5.41, 5.74) is 0.695. The Bertz CT molecular complexity index is 368. The van der Waals surface area contributed by atoms with Gasteiger partial charge in [-0.3, -0.25) is 0 Å². The molecule has 1 aromatic carbocycles. The van der Waals surface area contributed by atoms with E-state index >= 15 is 0 Å². The Balaban J connectivity index is 2.23. The van der Waals surface area contributed by atoms with E-state index in [9.17, 15) is 9.50 Å². The first kappa shape index (κ1) is 16.5. The van der Waals surface area contributed by atoms with Gasteiger partial charge in [-0.15, -0.1) is 0 Å². The van der Waals surface area contributed by atoms with E-state index in [2.05, 4.69) is 6.92 Å². The van der Waals surface area contributed by atoms with Gasteiger partial charge in [0.25, 0.3) is 0 Å². The van der Waals surface area contributed by atoms with E-state index < -0.39 is 6.10 Å². The van der Waals surface area contributed by atoms with Crippen molar-refractivity contribution in [2.24, 2.45) is 0 Å². The van der Waals surface area contributed by atoms with Crippen molar-refractivity contribution in [2.75, 3.05) is 0 Å². The van der Waals surface area contributed by atoms with E-state index in [4.69, 9.17) is 11.6 Å². The molecule has 1 nitrogen and oxygen atoms in total. The highest BCUT2D eigenvalue weighted by Crippen LogP contribution is 2.20. The molecule has 0 spiro atoms. The van der Waals surface area contributed by atoms with Crippen LogP contribution in [0, 0.1) is 5.82 Å². The van der Waals surface area contributed by atoms with E-state index in [1.165, 1.54) is 37.8 Å². The summed E-state index contributed by atoms with van der Waals surface area (Å²) in [6, 6.07) is 4.29. The first-order chi connectivity index (χ1) is 9.13. The predicted molar refractivity (Wildman–Crippen MR) is 79.1 cm³/mol. The molecule has 1 unspecified atom stereocenters. The fraction of sp³-hybridized carbons (Fsp3) is 0.625. The summed E-state index contributed by atoms with van der Waals surface area (Å²) in [5, 5.41) is 10.5. The van der Waals surface area contributed by atoms with Crippen LogP contribution in [0.4, 0.5) is 4.39 Å². The van der Waals surface area contributed by atoms with Gasteiger partial charge in [-0.1, -0.05) is 57.0 Å². The van der Waals surface area contributed by atoms with Crippen LogP contribution in [0.15, 0.2) is 18.2 Å². The van der Waals surface area contributed by atoms with Crippen LogP contribution >= 0.6 is 11.6 Å². The molecule has 1 rings (SSSR count). The molecule has 1 aromatic rings. The Morgan fingerprint density at radius 2 is 1.84 bits per heavy atom. The largest absolute Gasteiger partial charge is 0.393 e. The maximum Gasteiger partial charge on any atom is 0.123 e. The zero-order valence-corrected chi connectivity index (χ0v) is 12.4.